The average molecular weight is 415 g/mol. The van der Waals surface area contributed by atoms with Crippen LogP contribution in [0.15, 0.2) is 65.6 Å². The molecule has 0 amide bonds. The number of H-pyrrole nitrogens is 1. The molecule has 10 heteroatoms. The minimum atomic E-state index is -4.72. The lowest BCUT2D eigenvalue weighted by Gasteiger charge is -2.10. The fourth-order valence-electron chi connectivity index (χ4n) is 2.94. The van der Waals surface area contributed by atoms with Gasteiger partial charge in [-0.2, -0.15) is 10.1 Å². The zero-order chi connectivity index (χ0) is 21.1. The van der Waals surface area contributed by atoms with Gasteiger partial charge >= 0.3 is 6.36 Å². The molecular formula is C20H16F3N5O2. The molecule has 0 saturated carbocycles. The van der Waals surface area contributed by atoms with Gasteiger partial charge in [-0.1, -0.05) is 30.3 Å². The van der Waals surface area contributed by atoms with Gasteiger partial charge in [-0.25, -0.2) is 4.68 Å². The first kappa shape index (κ1) is 19.5. The molecule has 0 atom stereocenters. The molecule has 0 spiro atoms. The summed E-state index contributed by atoms with van der Waals surface area (Å²) in [6.07, 6.45) is -2.75. The maximum absolute atomic E-state index is 12.3. The van der Waals surface area contributed by atoms with E-state index in [-0.39, 0.29) is 17.3 Å². The maximum Gasteiger partial charge on any atom is 0.573 e. The maximum atomic E-state index is 12.3. The Labute approximate surface area is 168 Å². The van der Waals surface area contributed by atoms with Gasteiger partial charge in [-0.05, 0) is 36.2 Å². The third-order valence-corrected chi connectivity index (χ3v) is 4.30. The van der Waals surface area contributed by atoms with E-state index in [1.165, 1.54) is 18.3 Å². The number of ether oxygens (including phenoxy) is 1. The number of hydrogen-bond acceptors (Lipinski definition) is 5. The lowest BCUT2D eigenvalue weighted by molar-refractivity contribution is -0.274. The average Bonchev–Trinajstić information content (AvgIpc) is 3.13. The van der Waals surface area contributed by atoms with Crippen LogP contribution in [0.2, 0.25) is 0 Å². The number of alkyl halides is 3. The standard InChI is InChI=1S/C20H16F3N5O2/c21-20(22,23)30-15-8-6-13(7-9-15)10-11-24-19-26-17-16(18(29)27-19)12-25-28(17)14-4-2-1-3-5-14/h1-9,12H,10-11H2,(H2,24,26,27,29). The number of rotatable bonds is 6. The SMILES string of the molecule is O=c1[nH]c(NCCc2ccc(OC(F)(F)F)cc2)nc2c1cnn2-c1ccccc1. The molecule has 0 unspecified atom stereocenters. The van der Waals surface area contributed by atoms with E-state index in [0.717, 1.165) is 11.3 Å². The molecular weight excluding hydrogens is 399 g/mol. The summed E-state index contributed by atoms with van der Waals surface area (Å²) in [4.78, 5) is 19.4. The van der Waals surface area contributed by atoms with Crippen molar-refractivity contribution in [3.63, 3.8) is 0 Å². The summed E-state index contributed by atoms with van der Waals surface area (Å²) >= 11 is 0. The van der Waals surface area contributed by atoms with Crippen molar-refractivity contribution in [2.45, 2.75) is 12.8 Å². The Bertz CT molecular complexity index is 1200. The van der Waals surface area contributed by atoms with Crippen molar-refractivity contribution in [2.75, 3.05) is 11.9 Å². The highest BCUT2D eigenvalue weighted by atomic mass is 19.4. The predicted octanol–water partition coefficient (Wildman–Crippen LogP) is 3.66. The van der Waals surface area contributed by atoms with Crippen LogP contribution in [0.3, 0.4) is 0 Å². The Morgan fingerprint density at radius 3 is 2.50 bits per heavy atom. The number of hydrogen-bond donors (Lipinski definition) is 2. The van der Waals surface area contributed by atoms with Crippen molar-refractivity contribution in [1.82, 2.24) is 19.7 Å². The second-order valence-corrected chi connectivity index (χ2v) is 6.41. The first-order valence-corrected chi connectivity index (χ1v) is 9.01. The van der Waals surface area contributed by atoms with E-state index in [2.05, 4.69) is 25.1 Å². The Hall–Kier alpha value is -3.82. The highest BCUT2D eigenvalue weighted by Gasteiger charge is 2.30. The third kappa shape index (κ3) is 4.43. The first-order valence-electron chi connectivity index (χ1n) is 9.01. The number of anilines is 1. The second kappa shape index (κ2) is 7.90. The molecule has 0 aliphatic heterocycles. The number of para-hydroxylation sites is 1. The highest BCUT2D eigenvalue weighted by molar-refractivity contribution is 5.76. The molecule has 0 radical (unpaired) electrons. The van der Waals surface area contributed by atoms with E-state index >= 15 is 0 Å². The van der Waals surface area contributed by atoms with Crippen LogP contribution in [-0.4, -0.2) is 32.7 Å². The lowest BCUT2D eigenvalue weighted by Crippen LogP contribution is -2.17. The van der Waals surface area contributed by atoms with Crippen LogP contribution in [0.4, 0.5) is 19.1 Å². The molecule has 0 saturated heterocycles. The molecule has 30 heavy (non-hydrogen) atoms. The number of nitrogens with zero attached hydrogens (tertiary/aromatic N) is 3. The number of benzene rings is 2. The van der Waals surface area contributed by atoms with Gasteiger partial charge in [0.2, 0.25) is 5.95 Å². The van der Waals surface area contributed by atoms with E-state index in [1.54, 1.807) is 16.8 Å². The van der Waals surface area contributed by atoms with Crippen molar-refractivity contribution in [3.05, 3.63) is 76.7 Å². The van der Waals surface area contributed by atoms with Crippen LogP contribution in [0.25, 0.3) is 16.7 Å². The largest absolute Gasteiger partial charge is 0.573 e. The normalized spacial score (nSPS) is 11.6. The molecule has 4 rings (SSSR count). The van der Waals surface area contributed by atoms with E-state index in [4.69, 9.17) is 0 Å². The van der Waals surface area contributed by atoms with Crippen molar-refractivity contribution >= 4 is 17.0 Å². The van der Waals surface area contributed by atoms with Gasteiger partial charge in [-0.15, -0.1) is 13.2 Å². The molecule has 154 valence electrons. The summed E-state index contributed by atoms with van der Waals surface area (Å²) in [5.41, 5.74) is 1.67. The monoisotopic (exact) mass is 415 g/mol. The van der Waals surface area contributed by atoms with Crippen molar-refractivity contribution < 1.29 is 17.9 Å². The van der Waals surface area contributed by atoms with Gasteiger partial charge in [0.15, 0.2) is 5.65 Å². The third-order valence-electron chi connectivity index (χ3n) is 4.30. The lowest BCUT2D eigenvalue weighted by atomic mass is 10.1. The predicted molar refractivity (Wildman–Crippen MR) is 105 cm³/mol. The number of aromatic nitrogens is 4. The van der Waals surface area contributed by atoms with E-state index < -0.39 is 6.36 Å². The molecule has 2 aromatic carbocycles. The zero-order valence-electron chi connectivity index (χ0n) is 15.5. The molecule has 2 N–H and O–H groups in total. The van der Waals surface area contributed by atoms with E-state index in [0.29, 0.717) is 24.0 Å². The highest BCUT2D eigenvalue weighted by Crippen LogP contribution is 2.23. The molecule has 4 aromatic rings. The topological polar surface area (TPSA) is 84.8 Å². The van der Waals surface area contributed by atoms with Crippen molar-refractivity contribution in [2.24, 2.45) is 0 Å². The zero-order valence-corrected chi connectivity index (χ0v) is 15.5. The van der Waals surface area contributed by atoms with Gasteiger partial charge < -0.3 is 10.1 Å². The van der Waals surface area contributed by atoms with Crippen LogP contribution in [0, 0.1) is 0 Å². The minimum Gasteiger partial charge on any atom is -0.406 e. The fraction of sp³-hybridized carbons (Fsp3) is 0.150. The molecule has 2 aromatic heterocycles. The summed E-state index contributed by atoms with van der Waals surface area (Å²) in [6, 6.07) is 14.9. The first-order chi connectivity index (χ1) is 14.4. The number of halogens is 3. The number of fused-ring (bicyclic) bond motifs is 1. The molecule has 7 nitrogen and oxygen atoms in total. The van der Waals surface area contributed by atoms with Crippen LogP contribution in [-0.2, 0) is 6.42 Å². The number of aromatic amines is 1. The summed E-state index contributed by atoms with van der Waals surface area (Å²) < 4.78 is 42.1. The molecule has 0 aliphatic carbocycles. The van der Waals surface area contributed by atoms with Gasteiger partial charge in [0, 0.05) is 6.54 Å². The quantitative estimate of drug-likeness (QED) is 0.502. The summed E-state index contributed by atoms with van der Waals surface area (Å²) in [7, 11) is 0. The Balaban J connectivity index is 1.46. The molecule has 2 heterocycles. The van der Waals surface area contributed by atoms with E-state index in [9.17, 15) is 18.0 Å². The second-order valence-electron chi connectivity index (χ2n) is 6.41. The summed E-state index contributed by atoms with van der Waals surface area (Å²) in [6.45, 7) is 0.410. The van der Waals surface area contributed by atoms with Crippen LogP contribution < -0.4 is 15.6 Å². The summed E-state index contributed by atoms with van der Waals surface area (Å²) in [5.74, 6) is 0.00652. The Kier molecular flexibility index (Phi) is 5.13. The van der Waals surface area contributed by atoms with Crippen molar-refractivity contribution in [1.29, 1.82) is 0 Å². The Morgan fingerprint density at radius 2 is 1.80 bits per heavy atom. The minimum absolute atomic E-state index is 0.273. The van der Waals surface area contributed by atoms with Crippen molar-refractivity contribution in [3.8, 4) is 11.4 Å². The van der Waals surface area contributed by atoms with E-state index in [1.807, 2.05) is 30.3 Å². The fourth-order valence-corrected chi connectivity index (χ4v) is 2.94. The smallest absolute Gasteiger partial charge is 0.406 e. The Morgan fingerprint density at radius 1 is 1.07 bits per heavy atom. The van der Waals surface area contributed by atoms with Crippen LogP contribution in [0.5, 0.6) is 5.75 Å². The molecule has 0 aliphatic rings. The van der Waals surface area contributed by atoms with Crippen LogP contribution in [0.1, 0.15) is 5.56 Å². The van der Waals surface area contributed by atoms with Gasteiger partial charge in [0.05, 0.1) is 11.9 Å². The van der Waals surface area contributed by atoms with Gasteiger partial charge in [-0.3, -0.25) is 9.78 Å². The molecule has 0 fully saturated rings. The summed E-state index contributed by atoms with van der Waals surface area (Å²) in [5, 5.41) is 7.64. The van der Waals surface area contributed by atoms with Gasteiger partial charge in [0.25, 0.3) is 5.56 Å². The number of nitrogens with one attached hydrogen (secondary N) is 2. The molecule has 0 bridgehead atoms. The van der Waals surface area contributed by atoms with Crippen LogP contribution >= 0.6 is 0 Å². The van der Waals surface area contributed by atoms with Gasteiger partial charge in [0.1, 0.15) is 11.1 Å².